The van der Waals surface area contributed by atoms with E-state index in [-0.39, 0.29) is 11.2 Å². The van der Waals surface area contributed by atoms with Crippen LogP contribution in [0.3, 0.4) is 0 Å². The first-order valence-corrected chi connectivity index (χ1v) is 5.20. The second-order valence-electron chi connectivity index (χ2n) is 3.21. The summed E-state index contributed by atoms with van der Waals surface area (Å²) in [6, 6.07) is 6.42. The zero-order valence-electron chi connectivity index (χ0n) is 8.92. The molecule has 0 spiro atoms. The quantitative estimate of drug-likeness (QED) is 0.402. The molecule has 18 heavy (non-hydrogen) atoms. The molecule has 1 N–H and O–H groups in total. The van der Waals surface area contributed by atoms with E-state index in [9.17, 15) is 4.39 Å². The minimum Gasteiger partial charge on any atom is -0.436 e. The molecule has 2 rings (SSSR count). The number of hydrogen-bond acceptors (Lipinski definition) is 5. The van der Waals surface area contributed by atoms with Gasteiger partial charge in [-0.2, -0.15) is 9.37 Å². The van der Waals surface area contributed by atoms with E-state index in [0.717, 1.165) is 6.20 Å². The molecule has 0 saturated carbocycles. The van der Waals surface area contributed by atoms with E-state index in [1.165, 1.54) is 6.21 Å². The van der Waals surface area contributed by atoms with Crippen molar-refractivity contribution >= 4 is 17.8 Å². The highest BCUT2D eigenvalue weighted by Crippen LogP contribution is 2.22. The normalized spacial score (nSPS) is 10.8. The maximum absolute atomic E-state index is 13.3. The van der Waals surface area contributed by atoms with Gasteiger partial charge in [0.05, 0.1) is 12.4 Å². The fourth-order valence-corrected chi connectivity index (χ4v) is 1.33. The predicted molar refractivity (Wildman–Crippen MR) is 62.9 cm³/mol. The number of oxime groups is 1. The molecule has 0 fully saturated rings. The average molecular weight is 268 g/mol. The molecule has 1 aromatic heterocycles. The molecule has 0 aliphatic heterocycles. The minimum absolute atomic E-state index is 0.101. The minimum atomic E-state index is -0.708. The highest BCUT2D eigenvalue weighted by atomic mass is 35.5. The van der Waals surface area contributed by atoms with Crippen LogP contribution in [0.4, 0.5) is 4.39 Å². The zero-order chi connectivity index (χ0) is 13.0. The highest BCUT2D eigenvalue weighted by molar-refractivity contribution is 6.28. The molecule has 0 saturated heterocycles. The first kappa shape index (κ1) is 12.3. The van der Waals surface area contributed by atoms with E-state index in [1.807, 2.05) is 0 Å². The standard InChI is InChI=1S/C11H7ClFN3O2/c12-11-14-6-9(13)10(16-11)18-8-3-1-7(2-4-8)5-15-17/h1-6,17H/b15-5+. The van der Waals surface area contributed by atoms with Crippen LogP contribution >= 0.6 is 11.6 Å². The van der Waals surface area contributed by atoms with Gasteiger partial charge < -0.3 is 9.94 Å². The summed E-state index contributed by atoms with van der Waals surface area (Å²) < 4.78 is 18.5. The van der Waals surface area contributed by atoms with Crippen molar-refractivity contribution in [2.75, 3.05) is 0 Å². The summed E-state index contributed by atoms with van der Waals surface area (Å²) in [7, 11) is 0. The van der Waals surface area contributed by atoms with E-state index in [2.05, 4.69) is 15.1 Å². The number of nitrogens with zero attached hydrogens (tertiary/aromatic N) is 3. The Hall–Kier alpha value is -2.21. The highest BCUT2D eigenvalue weighted by Gasteiger charge is 2.08. The van der Waals surface area contributed by atoms with Gasteiger partial charge in [0.2, 0.25) is 11.1 Å². The van der Waals surface area contributed by atoms with Gasteiger partial charge in [-0.25, -0.2) is 4.98 Å². The van der Waals surface area contributed by atoms with E-state index in [4.69, 9.17) is 21.5 Å². The van der Waals surface area contributed by atoms with Crippen molar-refractivity contribution in [2.45, 2.75) is 0 Å². The molecule has 0 amide bonds. The third-order valence-electron chi connectivity index (χ3n) is 1.98. The topological polar surface area (TPSA) is 67.6 Å². The van der Waals surface area contributed by atoms with Crippen LogP contribution in [0.25, 0.3) is 0 Å². The fourth-order valence-electron chi connectivity index (χ4n) is 1.20. The predicted octanol–water partition coefficient (Wildman–Crippen LogP) is 2.87. The number of rotatable bonds is 3. The summed E-state index contributed by atoms with van der Waals surface area (Å²) in [5.74, 6) is -0.585. The summed E-state index contributed by atoms with van der Waals surface area (Å²) in [6.07, 6.45) is 2.18. The summed E-state index contributed by atoms with van der Waals surface area (Å²) >= 11 is 5.54. The average Bonchev–Trinajstić information content (AvgIpc) is 2.37. The van der Waals surface area contributed by atoms with Gasteiger partial charge in [-0.05, 0) is 41.4 Å². The number of aromatic nitrogens is 2. The summed E-state index contributed by atoms with van der Waals surface area (Å²) in [5, 5.41) is 11.1. The van der Waals surface area contributed by atoms with Crippen LogP contribution in [-0.2, 0) is 0 Å². The van der Waals surface area contributed by atoms with Gasteiger partial charge in [-0.15, -0.1) is 0 Å². The van der Waals surface area contributed by atoms with Crippen molar-refractivity contribution in [1.29, 1.82) is 0 Å². The van der Waals surface area contributed by atoms with Crippen LogP contribution < -0.4 is 4.74 Å². The summed E-state index contributed by atoms with van der Waals surface area (Å²) in [5.41, 5.74) is 0.672. The lowest BCUT2D eigenvalue weighted by Gasteiger charge is -2.05. The van der Waals surface area contributed by atoms with Crippen molar-refractivity contribution in [2.24, 2.45) is 5.16 Å². The SMILES string of the molecule is O/N=C/c1ccc(Oc2nc(Cl)ncc2F)cc1. The molecule has 0 atom stereocenters. The molecule has 0 unspecified atom stereocenters. The first-order chi connectivity index (χ1) is 8.69. The molecule has 0 aliphatic rings. The molecule has 0 radical (unpaired) electrons. The Morgan fingerprint density at radius 3 is 2.72 bits per heavy atom. The Morgan fingerprint density at radius 1 is 1.33 bits per heavy atom. The van der Waals surface area contributed by atoms with Crippen molar-refractivity contribution in [1.82, 2.24) is 9.97 Å². The molecule has 5 nitrogen and oxygen atoms in total. The van der Waals surface area contributed by atoms with Gasteiger partial charge in [-0.3, -0.25) is 0 Å². The van der Waals surface area contributed by atoms with Gasteiger partial charge in [0.15, 0.2) is 0 Å². The third kappa shape index (κ3) is 2.92. The Labute approximate surface area is 107 Å². The largest absolute Gasteiger partial charge is 0.436 e. The Kier molecular flexibility index (Phi) is 3.69. The number of halogens is 2. The molecule has 2 aromatic rings. The van der Waals surface area contributed by atoms with Crippen LogP contribution in [0, 0.1) is 5.82 Å². The van der Waals surface area contributed by atoms with Crippen molar-refractivity contribution in [3.8, 4) is 11.6 Å². The van der Waals surface area contributed by atoms with Crippen molar-refractivity contribution in [3.05, 3.63) is 47.1 Å². The van der Waals surface area contributed by atoms with E-state index < -0.39 is 5.82 Å². The van der Waals surface area contributed by atoms with Crippen LogP contribution in [0.15, 0.2) is 35.6 Å². The Balaban J connectivity index is 2.20. The molecule has 1 heterocycles. The lowest BCUT2D eigenvalue weighted by molar-refractivity contribution is 0.322. The molecule has 92 valence electrons. The Morgan fingerprint density at radius 2 is 2.06 bits per heavy atom. The van der Waals surface area contributed by atoms with Gasteiger partial charge in [0, 0.05) is 0 Å². The van der Waals surface area contributed by atoms with Gasteiger partial charge in [0.25, 0.3) is 5.88 Å². The van der Waals surface area contributed by atoms with Crippen LogP contribution in [0.1, 0.15) is 5.56 Å². The molecular formula is C11H7ClFN3O2. The first-order valence-electron chi connectivity index (χ1n) is 4.82. The van der Waals surface area contributed by atoms with Gasteiger partial charge >= 0.3 is 0 Å². The van der Waals surface area contributed by atoms with Crippen molar-refractivity contribution in [3.63, 3.8) is 0 Å². The van der Waals surface area contributed by atoms with Crippen molar-refractivity contribution < 1.29 is 14.3 Å². The fraction of sp³-hybridized carbons (Fsp3) is 0. The lowest BCUT2D eigenvalue weighted by Crippen LogP contribution is -1.94. The summed E-state index contributed by atoms with van der Waals surface area (Å²) in [6.45, 7) is 0. The lowest BCUT2D eigenvalue weighted by atomic mass is 10.2. The molecule has 0 bridgehead atoms. The van der Waals surface area contributed by atoms with E-state index >= 15 is 0 Å². The van der Waals surface area contributed by atoms with E-state index in [1.54, 1.807) is 24.3 Å². The molecular weight excluding hydrogens is 261 g/mol. The second kappa shape index (κ2) is 5.42. The summed E-state index contributed by atoms with van der Waals surface area (Å²) in [4.78, 5) is 7.09. The number of benzene rings is 1. The van der Waals surface area contributed by atoms with Gasteiger partial charge in [-0.1, -0.05) is 5.16 Å². The third-order valence-corrected chi connectivity index (χ3v) is 2.17. The second-order valence-corrected chi connectivity index (χ2v) is 3.55. The number of ether oxygens (including phenoxy) is 1. The maximum atomic E-state index is 13.3. The molecule has 1 aromatic carbocycles. The van der Waals surface area contributed by atoms with Crippen LogP contribution in [0.5, 0.6) is 11.6 Å². The van der Waals surface area contributed by atoms with Crippen LogP contribution in [-0.4, -0.2) is 21.4 Å². The zero-order valence-corrected chi connectivity index (χ0v) is 9.67. The smallest absolute Gasteiger partial charge is 0.260 e. The molecule has 7 heteroatoms. The monoisotopic (exact) mass is 267 g/mol. The molecule has 0 aliphatic carbocycles. The Bertz CT molecular complexity index is 575. The van der Waals surface area contributed by atoms with E-state index in [0.29, 0.717) is 11.3 Å². The van der Waals surface area contributed by atoms with Gasteiger partial charge in [0.1, 0.15) is 5.75 Å². The maximum Gasteiger partial charge on any atom is 0.260 e. The van der Waals surface area contributed by atoms with Crippen LogP contribution in [0.2, 0.25) is 5.28 Å². The number of hydrogen-bond donors (Lipinski definition) is 1.